The van der Waals surface area contributed by atoms with Gasteiger partial charge in [0.25, 0.3) is 0 Å². The predicted octanol–water partition coefficient (Wildman–Crippen LogP) is 1.38. The number of rotatable bonds is 3. The summed E-state index contributed by atoms with van der Waals surface area (Å²) in [6, 6.07) is 3.54. The molecule has 16 heavy (non-hydrogen) atoms. The van der Waals surface area contributed by atoms with Gasteiger partial charge in [0, 0.05) is 11.8 Å². The molecule has 1 heterocycles. The van der Waals surface area contributed by atoms with Crippen LogP contribution in [-0.4, -0.2) is 18.1 Å². The number of nitrogens with two attached hydrogens (primary N) is 1. The summed E-state index contributed by atoms with van der Waals surface area (Å²) < 4.78 is 4.56. The lowest BCUT2D eigenvalue weighted by Crippen LogP contribution is -2.04. The van der Waals surface area contributed by atoms with Crippen LogP contribution in [0.2, 0.25) is 0 Å². The first-order chi connectivity index (χ1) is 7.69. The quantitative estimate of drug-likeness (QED) is 0.772. The van der Waals surface area contributed by atoms with Crippen LogP contribution in [0, 0.1) is 11.3 Å². The second-order valence-electron chi connectivity index (χ2n) is 2.95. The highest BCUT2D eigenvalue weighted by Crippen LogP contribution is 2.13. The average molecular weight is 217 g/mol. The van der Waals surface area contributed by atoms with E-state index in [2.05, 4.69) is 9.72 Å². The van der Waals surface area contributed by atoms with Crippen LogP contribution < -0.4 is 5.73 Å². The molecule has 1 aromatic rings. The smallest absolute Gasteiger partial charge is 0.339 e. The van der Waals surface area contributed by atoms with Gasteiger partial charge in [0.2, 0.25) is 0 Å². The number of nitriles is 1. The van der Waals surface area contributed by atoms with Crippen molar-refractivity contribution in [3.05, 3.63) is 29.5 Å². The van der Waals surface area contributed by atoms with E-state index in [1.807, 2.05) is 6.07 Å². The Morgan fingerprint density at radius 1 is 1.75 bits per heavy atom. The summed E-state index contributed by atoms with van der Waals surface area (Å²) >= 11 is 0. The average Bonchev–Trinajstić information content (AvgIpc) is 2.31. The van der Waals surface area contributed by atoms with E-state index in [9.17, 15) is 4.79 Å². The van der Waals surface area contributed by atoms with E-state index >= 15 is 0 Å². The molecule has 0 aliphatic heterocycles. The zero-order valence-electron chi connectivity index (χ0n) is 8.80. The molecule has 0 atom stereocenters. The van der Waals surface area contributed by atoms with E-state index in [1.165, 1.54) is 13.3 Å². The van der Waals surface area contributed by atoms with Crippen LogP contribution in [0.1, 0.15) is 22.3 Å². The van der Waals surface area contributed by atoms with Crippen molar-refractivity contribution in [3.8, 4) is 6.07 Å². The Labute approximate surface area is 93.2 Å². The largest absolute Gasteiger partial charge is 0.465 e. The van der Waals surface area contributed by atoms with Crippen molar-refractivity contribution >= 4 is 17.9 Å². The van der Waals surface area contributed by atoms with Gasteiger partial charge in [0.05, 0.1) is 25.2 Å². The molecule has 0 saturated carbocycles. The van der Waals surface area contributed by atoms with Crippen LogP contribution in [0.4, 0.5) is 5.82 Å². The number of pyridine rings is 1. The summed E-state index contributed by atoms with van der Waals surface area (Å²) in [6.07, 6.45) is 4.93. The minimum atomic E-state index is -0.470. The van der Waals surface area contributed by atoms with Crippen molar-refractivity contribution < 1.29 is 9.53 Å². The first-order valence-corrected chi connectivity index (χ1v) is 4.56. The number of anilines is 1. The fourth-order valence-corrected chi connectivity index (χ4v) is 1.09. The number of hydrogen-bond acceptors (Lipinski definition) is 5. The molecule has 0 aliphatic rings. The lowest BCUT2D eigenvalue weighted by Gasteiger charge is -2.02. The number of nitrogen functional groups attached to an aromatic ring is 1. The summed E-state index contributed by atoms with van der Waals surface area (Å²) in [7, 11) is 1.30. The maximum absolute atomic E-state index is 11.2. The summed E-state index contributed by atoms with van der Waals surface area (Å²) in [4.78, 5) is 15.1. The number of nitrogens with zero attached hydrogens (tertiary/aromatic N) is 2. The lowest BCUT2D eigenvalue weighted by molar-refractivity contribution is 0.0600. The maximum Gasteiger partial charge on any atom is 0.339 e. The second-order valence-corrected chi connectivity index (χ2v) is 2.95. The molecule has 0 radical (unpaired) electrons. The first-order valence-electron chi connectivity index (χ1n) is 4.56. The third kappa shape index (κ3) is 2.82. The number of hydrogen-bond donors (Lipinski definition) is 1. The molecule has 5 nitrogen and oxygen atoms in total. The van der Waals surface area contributed by atoms with Crippen molar-refractivity contribution in [1.82, 2.24) is 4.98 Å². The standard InChI is InChI=1S/C11H11N3O2/c1-16-11(15)9-6-8(4-2-3-5-12)10(13)14-7-9/h2,4,6-7H,3H2,1H3,(H2,13,14). The van der Waals surface area contributed by atoms with Gasteiger partial charge in [-0.3, -0.25) is 0 Å². The molecule has 5 heteroatoms. The molecular weight excluding hydrogens is 206 g/mol. The van der Waals surface area contributed by atoms with Crippen LogP contribution in [0.25, 0.3) is 6.08 Å². The van der Waals surface area contributed by atoms with Gasteiger partial charge in [-0.05, 0) is 6.07 Å². The van der Waals surface area contributed by atoms with Crippen LogP contribution in [0.5, 0.6) is 0 Å². The molecule has 1 rings (SSSR count). The van der Waals surface area contributed by atoms with Gasteiger partial charge in [-0.2, -0.15) is 5.26 Å². The second kappa shape index (κ2) is 5.51. The minimum Gasteiger partial charge on any atom is -0.465 e. The van der Waals surface area contributed by atoms with Gasteiger partial charge in [0.1, 0.15) is 5.82 Å². The normalized spacial score (nSPS) is 10.0. The number of carbonyl (C=O) groups is 1. The Kier molecular flexibility index (Phi) is 4.04. The van der Waals surface area contributed by atoms with E-state index in [-0.39, 0.29) is 6.42 Å². The van der Waals surface area contributed by atoms with Gasteiger partial charge in [-0.1, -0.05) is 12.2 Å². The fourth-order valence-electron chi connectivity index (χ4n) is 1.09. The Morgan fingerprint density at radius 3 is 3.12 bits per heavy atom. The Balaban J connectivity index is 3.00. The molecule has 0 aromatic carbocycles. The van der Waals surface area contributed by atoms with Gasteiger partial charge in [-0.25, -0.2) is 9.78 Å². The number of carbonyl (C=O) groups excluding carboxylic acids is 1. The summed E-state index contributed by atoms with van der Waals surface area (Å²) in [5.74, 6) is -0.163. The summed E-state index contributed by atoms with van der Waals surface area (Å²) in [5, 5.41) is 8.37. The van der Waals surface area contributed by atoms with E-state index in [0.717, 1.165) is 0 Å². The molecule has 82 valence electrons. The van der Waals surface area contributed by atoms with Crippen LogP contribution >= 0.6 is 0 Å². The fraction of sp³-hybridized carbons (Fsp3) is 0.182. The van der Waals surface area contributed by atoms with Crippen LogP contribution in [0.15, 0.2) is 18.3 Å². The van der Waals surface area contributed by atoms with Gasteiger partial charge in [0.15, 0.2) is 0 Å². The molecule has 0 amide bonds. The summed E-state index contributed by atoms with van der Waals surface area (Å²) in [6.45, 7) is 0. The molecule has 0 aliphatic carbocycles. The third-order valence-electron chi connectivity index (χ3n) is 1.88. The molecule has 1 aromatic heterocycles. The van der Waals surface area contributed by atoms with E-state index in [4.69, 9.17) is 11.0 Å². The zero-order chi connectivity index (χ0) is 12.0. The molecule has 2 N–H and O–H groups in total. The highest BCUT2D eigenvalue weighted by atomic mass is 16.5. The highest BCUT2D eigenvalue weighted by Gasteiger charge is 2.07. The number of ether oxygens (including phenoxy) is 1. The van der Waals surface area contributed by atoms with Crippen molar-refractivity contribution in [2.75, 3.05) is 12.8 Å². The van der Waals surface area contributed by atoms with Gasteiger partial charge < -0.3 is 10.5 Å². The SMILES string of the molecule is COC(=O)c1cnc(N)c(C=CCC#N)c1. The lowest BCUT2D eigenvalue weighted by atomic mass is 10.1. The third-order valence-corrected chi connectivity index (χ3v) is 1.88. The van der Waals surface area contributed by atoms with Crippen molar-refractivity contribution in [2.24, 2.45) is 0 Å². The Bertz CT molecular complexity index is 461. The number of aromatic nitrogens is 1. The molecule has 0 saturated heterocycles. The van der Waals surface area contributed by atoms with Crippen molar-refractivity contribution in [1.29, 1.82) is 5.26 Å². The van der Waals surface area contributed by atoms with E-state index in [0.29, 0.717) is 16.9 Å². The minimum absolute atomic E-state index is 0.280. The topological polar surface area (TPSA) is 89.0 Å². The van der Waals surface area contributed by atoms with E-state index in [1.54, 1.807) is 18.2 Å². The van der Waals surface area contributed by atoms with Crippen molar-refractivity contribution in [3.63, 3.8) is 0 Å². The highest BCUT2D eigenvalue weighted by molar-refractivity contribution is 5.90. The van der Waals surface area contributed by atoms with Crippen molar-refractivity contribution in [2.45, 2.75) is 6.42 Å². The molecule has 0 bridgehead atoms. The number of esters is 1. The number of methoxy groups -OCH3 is 1. The maximum atomic E-state index is 11.2. The summed E-state index contributed by atoms with van der Waals surface area (Å²) in [5.41, 5.74) is 6.54. The van der Waals surface area contributed by atoms with Crippen LogP contribution in [0.3, 0.4) is 0 Å². The molecular formula is C11H11N3O2. The van der Waals surface area contributed by atoms with Crippen LogP contribution in [-0.2, 0) is 4.74 Å². The van der Waals surface area contributed by atoms with Gasteiger partial charge in [-0.15, -0.1) is 0 Å². The molecule has 0 spiro atoms. The number of allylic oxidation sites excluding steroid dienone is 1. The Morgan fingerprint density at radius 2 is 2.50 bits per heavy atom. The molecule has 0 fully saturated rings. The monoisotopic (exact) mass is 217 g/mol. The van der Waals surface area contributed by atoms with Gasteiger partial charge >= 0.3 is 5.97 Å². The van der Waals surface area contributed by atoms with E-state index < -0.39 is 5.97 Å². The first kappa shape index (κ1) is 11.7. The zero-order valence-corrected chi connectivity index (χ0v) is 8.80. The molecule has 0 unspecified atom stereocenters. The Hall–Kier alpha value is -2.35. The predicted molar refractivity (Wildman–Crippen MR) is 59.3 cm³/mol.